The van der Waals surface area contributed by atoms with Crippen LogP contribution in [0.5, 0.6) is 0 Å². The van der Waals surface area contributed by atoms with Gasteiger partial charge in [0, 0.05) is 26.2 Å². The third kappa shape index (κ3) is 5.82. The van der Waals surface area contributed by atoms with Crippen molar-refractivity contribution in [1.29, 1.82) is 0 Å². The molecular weight excluding hydrogens is 436 g/mol. The molecule has 0 saturated carbocycles. The van der Waals surface area contributed by atoms with Crippen LogP contribution in [-0.4, -0.2) is 102 Å². The molecule has 1 aliphatic rings. The van der Waals surface area contributed by atoms with E-state index in [0.717, 1.165) is 0 Å². The number of aromatic nitrogens is 4. The highest BCUT2D eigenvalue weighted by atomic mass is 16.6. The number of fused-ring (bicyclic) bond motifs is 1. The van der Waals surface area contributed by atoms with Gasteiger partial charge in [-0.3, -0.25) is 14.4 Å². The van der Waals surface area contributed by atoms with Crippen molar-refractivity contribution < 1.29 is 24.9 Å². The number of carboxylic acid groups (broad SMARTS) is 1. The Morgan fingerprint density at radius 3 is 2.70 bits per heavy atom. The van der Waals surface area contributed by atoms with Crippen molar-refractivity contribution in [2.24, 2.45) is 22.2 Å². The third-order valence-corrected chi connectivity index (χ3v) is 5.44. The van der Waals surface area contributed by atoms with E-state index in [-0.39, 0.29) is 24.7 Å². The molecule has 33 heavy (non-hydrogen) atoms. The van der Waals surface area contributed by atoms with Gasteiger partial charge >= 0.3 is 5.97 Å². The maximum atomic E-state index is 11.1. The van der Waals surface area contributed by atoms with E-state index in [1.807, 2.05) is 4.90 Å². The zero-order valence-corrected chi connectivity index (χ0v) is 17.9. The maximum Gasteiger partial charge on any atom is 0.320 e. The topological polar surface area (TPSA) is 250 Å². The van der Waals surface area contributed by atoms with E-state index in [1.54, 1.807) is 0 Å². The van der Waals surface area contributed by atoms with Gasteiger partial charge < -0.3 is 47.9 Å². The highest BCUT2D eigenvalue weighted by Crippen LogP contribution is 2.32. The molecule has 0 unspecified atom stereocenters. The van der Waals surface area contributed by atoms with Gasteiger partial charge in [-0.1, -0.05) is 0 Å². The molecule has 1 fully saturated rings. The Balaban J connectivity index is 1.70. The van der Waals surface area contributed by atoms with Crippen molar-refractivity contribution in [2.45, 2.75) is 43.4 Å². The fourth-order valence-electron chi connectivity index (χ4n) is 3.66. The molecule has 1 aliphatic heterocycles. The predicted molar refractivity (Wildman–Crippen MR) is 118 cm³/mol. The molecule has 0 amide bonds. The van der Waals surface area contributed by atoms with E-state index in [1.165, 1.54) is 17.2 Å². The number of aliphatic hydroxyl groups excluding tert-OH is 2. The summed E-state index contributed by atoms with van der Waals surface area (Å²) in [6, 6.07) is -1.03. The van der Waals surface area contributed by atoms with Crippen LogP contribution in [-0.2, 0) is 9.53 Å². The lowest BCUT2D eigenvalue weighted by Gasteiger charge is -2.27. The van der Waals surface area contributed by atoms with Gasteiger partial charge in [-0.25, -0.2) is 15.0 Å². The fourth-order valence-corrected chi connectivity index (χ4v) is 3.66. The van der Waals surface area contributed by atoms with Crippen molar-refractivity contribution in [1.82, 2.24) is 24.4 Å². The van der Waals surface area contributed by atoms with E-state index in [9.17, 15) is 15.0 Å². The minimum absolute atomic E-state index is 0.0213. The van der Waals surface area contributed by atoms with E-state index in [4.69, 9.17) is 32.8 Å². The second-order valence-electron chi connectivity index (χ2n) is 7.82. The van der Waals surface area contributed by atoms with E-state index >= 15 is 0 Å². The minimum Gasteiger partial charge on any atom is -0.480 e. The van der Waals surface area contributed by atoms with Gasteiger partial charge in [0.05, 0.1) is 6.33 Å². The van der Waals surface area contributed by atoms with Crippen molar-refractivity contribution >= 4 is 28.9 Å². The summed E-state index contributed by atoms with van der Waals surface area (Å²) in [5, 5.41) is 30.4. The summed E-state index contributed by atoms with van der Waals surface area (Å²) in [4.78, 5) is 29.1. The zero-order chi connectivity index (χ0) is 24.1. The average Bonchev–Trinajstić information content (AvgIpc) is 3.31. The number of carboxylic acids is 1. The number of aliphatic imine (C=N–C) groups is 1. The van der Waals surface area contributed by atoms with Crippen LogP contribution in [0, 0.1) is 0 Å². The summed E-state index contributed by atoms with van der Waals surface area (Å²) in [7, 11) is 0. The normalized spacial score (nSPS) is 23.8. The summed E-state index contributed by atoms with van der Waals surface area (Å²) >= 11 is 0. The Labute approximate surface area is 189 Å². The number of carbonyl (C=O) groups is 1. The van der Waals surface area contributed by atoms with Gasteiger partial charge in [0.25, 0.3) is 0 Å². The second-order valence-corrected chi connectivity index (χ2v) is 7.82. The van der Waals surface area contributed by atoms with Crippen molar-refractivity contribution in [3.8, 4) is 0 Å². The highest BCUT2D eigenvalue weighted by molar-refractivity contribution is 5.81. The Morgan fingerprint density at radius 2 is 2.00 bits per heavy atom. The van der Waals surface area contributed by atoms with Crippen LogP contribution in [0.3, 0.4) is 0 Å². The molecule has 0 aromatic carbocycles. The molecule has 15 heteroatoms. The first kappa shape index (κ1) is 24.5. The number of nitrogens with two attached hydrogens (primary N) is 4. The molecular formula is C18H30N10O5. The van der Waals surface area contributed by atoms with Crippen molar-refractivity contribution in [2.75, 3.05) is 31.9 Å². The Morgan fingerprint density at radius 1 is 1.24 bits per heavy atom. The lowest BCUT2D eigenvalue weighted by molar-refractivity contribution is -0.138. The SMILES string of the molecule is NC(N)=NCCCN(CC[C@H](N)C(=O)O)C[C@H]1O[C@@H](n2cnc3c(N)ncnc32)[C@H](O)[C@@H]1O. The first-order valence-electron chi connectivity index (χ1n) is 10.4. The monoisotopic (exact) mass is 466 g/mol. The smallest absolute Gasteiger partial charge is 0.320 e. The van der Waals surface area contributed by atoms with Gasteiger partial charge in [-0.2, -0.15) is 0 Å². The Hall–Kier alpha value is -3.11. The number of hydrogen-bond donors (Lipinski definition) is 7. The number of nitrogens with zero attached hydrogens (tertiary/aromatic N) is 6. The molecule has 0 radical (unpaired) electrons. The molecule has 3 heterocycles. The number of ether oxygens (including phenoxy) is 1. The summed E-state index contributed by atoms with van der Waals surface area (Å²) in [5.74, 6) is -0.937. The number of nitrogen functional groups attached to an aromatic ring is 1. The number of imidazole rings is 1. The molecule has 182 valence electrons. The molecule has 0 bridgehead atoms. The van der Waals surface area contributed by atoms with Crippen LogP contribution < -0.4 is 22.9 Å². The van der Waals surface area contributed by atoms with E-state index in [2.05, 4.69) is 19.9 Å². The van der Waals surface area contributed by atoms with Crippen LogP contribution in [0.15, 0.2) is 17.6 Å². The van der Waals surface area contributed by atoms with Crippen LogP contribution in [0.4, 0.5) is 5.82 Å². The van der Waals surface area contributed by atoms with Crippen LogP contribution in [0.2, 0.25) is 0 Å². The van der Waals surface area contributed by atoms with Crippen LogP contribution in [0.25, 0.3) is 11.2 Å². The van der Waals surface area contributed by atoms with E-state index in [0.29, 0.717) is 37.2 Å². The van der Waals surface area contributed by atoms with Crippen LogP contribution >= 0.6 is 0 Å². The first-order chi connectivity index (χ1) is 15.7. The van der Waals surface area contributed by atoms with Gasteiger partial charge in [-0.05, 0) is 12.8 Å². The standard InChI is InChI=1S/C18H30N10O5/c19-9(17(31)32)2-5-27(4-1-3-23-18(21)22)6-10-12(29)13(30)16(33-10)28-8-26-11-14(20)24-7-25-15(11)28/h7-10,12-13,16,29-30H,1-6,19H2,(H,31,32)(H2,20,24,25)(H4,21,22,23)/t9-,10+,12+,13+,16+/m0/s1. The lowest BCUT2D eigenvalue weighted by Crippen LogP contribution is -2.43. The average molecular weight is 467 g/mol. The first-order valence-corrected chi connectivity index (χ1v) is 10.4. The minimum atomic E-state index is -1.26. The zero-order valence-electron chi connectivity index (χ0n) is 17.9. The van der Waals surface area contributed by atoms with Crippen molar-refractivity contribution in [3.63, 3.8) is 0 Å². The second kappa shape index (κ2) is 10.7. The number of guanidine groups is 1. The van der Waals surface area contributed by atoms with Gasteiger partial charge in [0.15, 0.2) is 23.7 Å². The molecule has 2 aromatic heterocycles. The summed E-state index contributed by atoms with van der Waals surface area (Å²) in [5.41, 5.74) is 22.9. The van der Waals surface area contributed by atoms with E-state index < -0.39 is 36.6 Å². The van der Waals surface area contributed by atoms with Crippen LogP contribution in [0.1, 0.15) is 19.1 Å². The molecule has 5 atom stereocenters. The van der Waals surface area contributed by atoms with Gasteiger partial charge in [-0.15, -0.1) is 0 Å². The molecule has 0 spiro atoms. The Bertz CT molecular complexity index is 981. The molecule has 0 aliphatic carbocycles. The third-order valence-electron chi connectivity index (χ3n) is 5.44. The van der Waals surface area contributed by atoms with Crippen molar-refractivity contribution in [3.05, 3.63) is 12.7 Å². The largest absolute Gasteiger partial charge is 0.480 e. The number of aliphatic hydroxyl groups is 2. The molecule has 11 N–H and O–H groups in total. The Kier molecular flexibility index (Phi) is 7.93. The lowest BCUT2D eigenvalue weighted by atomic mass is 10.1. The number of hydrogen-bond acceptors (Lipinski definition) is 11. The van der Waals surface area contributed by atoms with Gasteiger partial charge in [0.1, 0.15) is 36.2 Å². The molecule has 15 nitrogen and oxygen atoms in total. The summed E-state index contributed by atoms with van der Waals surface area (Å²) in [6.07, 6.45) is -0.730. The highest BCUT2D eigenvalue weighted by Gasteiger charge is 2.44. The number of anilines is 1. The fraction of sp³-hybridized carbons (Fsp3) is 0.611. The number of rotatable bonds is 11. The quantitative estimate of drug-likeness (QED) is 0.0979. The predicted octanol–water partition coefficient (Wildman–Crippen LogP) is -3.20. The number of aliphatic carboxylic acids is 1. The maximum absolute atomic E-state index is 11.1. The molecule has 2 aromatic rings. The molecule has 1 saturated heterocycles. The van der Waals surface area contributed by atoms with Gasteiger partial charge in [0.2, 0.25) is 0 Å². The molecule has 3 rings (SSSR count). The summed E-state index contributed by atoms with van der Waals surface area (Å²) in [6.45, 7) is 1.42. The summed E-state index contributed by atoms with van der Waals surface area (Å²) < 4.78 is 7.46.